The molecule has 0 aliphatic carbocycles. The van der Waals surface area contributed by atoms with Crippen molar-refractivity contribution in [1.82, 2.24) is 0 Å². The van der Waals surface area contributed by atoms with Crippen LogP contribution >= 0.6 is 0 Å². The molecule has 1 saturated heterocycles. The Balaban J connectivity index is 1.52. The Bertz CT molecular complexity index is 1400. The van der Waals surface area contributed by atoms with E-state index < -0.39 is 55.1 Å². The average Bonchev–Trinajstić information content (AvgIpc) is 3.19. The van der Waals surface area contributed by atoms with E-state index in [1.54, 1.807) is 0 Å². The van der Waals surface area contributed by atoms with Crippen molar-refractivity contribution in [2.45, 2.75) is 116 Å². The van der Waals surface area contributed by atoms with Crippen molar-refractivity contribution in [3.8, 4) is 0 Å². The summed E-state index contributed by atoms with van der Waals surface area (Å²) in [5.41, 5.74) is 2.87. The first kappa shape index (κ1) is 39.6. The summed E-state index contributed by atoms with van der Waals surface area (Å²) in [6.45, 7) is 6.99. The zero-order chi connectivity index (χ0) is 35.9. The van der Waals surface area contributed by atoms with Crippen LogP contribution in [0.1, 0.15) is 81.5 Å². The predicted octanol–water partition coefficient (Wildman–Crippen LogP) is 9.39. The van der Waals surface area contributed by atoms with E-state index in [-0.39, 0.29) is 13.2 Å². The van der Waals surface area contributed by atoms with Crippen LogP contribution in [0, 0.1) is 0 Å². The van der Waals surface area contributed by atoms with Crippen LogP contribution in [0.3, 0.4) is 0 Å². The van der Waals surface area contributed by atoms with E-state index in [4.69, 9.17) is 17.3 Å². The average molecular weight is 802 g/mol. The van der Waals surface area contributed by atoms with E-state index >= 15 is 0 Å². The summed E-state index contributed by atoms with van der Waals surface area (Å²) in [6, 6.07) is 40.5. The van der Waals surface area contributed by atoms with Crippen molar-refractivity contribution in [3.05, 3.63) is 144 Å². The number of hydrogen-bond acceptors (Lipinski definition) is 6. The number of hydrogen-bond donors (Lipinski definition) is 2. The Labute approximate surface area is 310 Å². The van der Waals surface area contributed by atoms with E-state index in [1.807, 2.05) is 84.9 Å². The molecule has 0 aromatic heterocycles. The third kappa shape index (κ3) is 10.1. The molecule has 0 unspecified atom stereocenters. The predicted molar refractivity (Wildman–Crippen MR) is 207 cm³/mol. The number of ether oxygens (including phenoxy) is 3. The van der Waals surface area contributed by atoms with Gasteiger partial charge in [0.25, 0.3) is 0 Å². The molecule has 1 heterocycles. The van der Waals surface area contributed by atoms with Crippen molar-refractivity contribution in [2.75, 3.05) is 6.61 Å². The monoisotopic (exact) mass is 802 g/mol. The van der Waals surface area contributed by atoms with Gasteiger partial charge >= 0.3 is 312 Å². The topological polar surface area (TPSA) is 77.4 Å². The fourth-order valence-electron chi connectivity index (χ4n) is 7.38. The quantitative estimate of drug-likeness (QED) is 0.0686. The maximum atomic E-state index is 12.2. The number of rotatable bonds is 20. The SMILES string of the molecule is CCC[CH2][Sn]([CH2]CCC)([CH2]CCC)[O][C@@H]1[C@H](O)[C@@H](OCc2ccccc2)O[C@H](COC(c2ccccc2)(c2ccccc2)c2ccccc2)[C@H]1O. The Morgan fingerprint density at radius 3 is 1.47 bits per heavy atom. The summed E-state index contributed by atoms with van der Waals surface area (Å²) in [6.07, 6.45) is 1.68. The van der Waals surface area contributed by atoms with Gasteiger partial charge in [0.05, 0.1) is 0 Å². The molecule has 51 heavy (non-hydrogen) atoms. The van der Waals surface area contributed by atoms with Crippen molar-refractivity contribution >= 4 is 18.8 Å². The van der Waals surface area contributed by atoms with Crippen molar-refractivity contribution in [2.24, 2.45) is 0 Å². The third-order valence-corrected chi connectivity index (χ3v) is 23.3. The third-order valence-electron chi connectivity index (χ3n) is 10.2. The molecule has 0 saturated carbocycles. The molecule has 1 aliphatic rings. The molecule has 0 radical (unpaired) electrons. The first-order valence-corrected chi connectivity index (χ1v) is 26.3. The standard InChI is InChI=1S/C32H31O6.3C4H9.Sn/c33-28-27(38-31(30(35)29(28)34)36-21-23-13-5-1-6-14-23)22-37-32(24-15-7-2-8-16-24,25-17-9-3-10-18-25)26-19-11-4-12-20-26;3*1-3-4-2;/h1-20,27-31,33,35H,21-22H2;3*1,3-4H2,2H3;/q-1;;;;+1/t27-,28-,29+,30+,31+;;;;/m1..../s1. The van der Waals surface area contributed by atoms with E-state index in [9.17, 15) is 10.2 Å². The maximum absolute atomic E-state index is 12.2. The number of aliphatic hydroxyl groups excluding tert-OH is 2. The second-order valence-electron chi connectivity index (χ2n) is 14.0. The zero-order valence-electron chi connectivity index (χ0n) is 30.7. The summed E-state index contributed by atoms with van der Waals surface area (Å²) in [4.78, 5) is 0. The van der Waals surface area contributed by atoms with Crippen molar-refractivity contribution in [1.29, 1.82) is 0 Å². The molecule has 7 heteroatoms. The Morgan fingerprint density at radius 2 is 1.04 bits per heavy atom. The van der Waals surface area contributed by atoms with Gasteiger partial charge in [0.2, 0.25) is 0 Å². The van der Waals surface area contributed by atoms with Gasteiger partial charge in [0, 0.05) is 0 Å². The van der Waals surface area contributed by atoms with Gasteiger partial charge in [-0.15, -0.1) is 0 Å². The molecule has 5 rings (SSSR count). The van der Waals surface area contributed by atoms with Crippen LogP contribution in [0.5, 0.6) is 0 Å². The molecule has 5 atom stereocenters. The second kappa shape index (κ2) is 20.0. The van der Waals surface area contributed by atoms with Crippen LogP contribution in [0.2, 0.25) is 13.3 Å². The van der Waals surface area contributed by atoms with E-state index in [0.29, 0.717) is 0 Å². The second-order valence-corrected chi connectivity index (χ2v) is 25.7. The van der Waals surface area contributed by atoms with Gasteiger partial charge in [0.15, 0.2) is 0 Å². The van der Waals surface area contributed by atoms with Gasteiger partial charge in [-0.1, -0.05) is 0 Å². The molecular weight excluding hydrogens is 743 g/mol. The summed E-state index contributed by atoms with van der Waals surface area (Å²) < 4.78 is 30.6. The van der Waals surface area contributed by atoms with Crippen LogP contribution in [-0.2, 0) is 29.5 Å². The van der Waals surface area contributed by atoms with Gasteiger partial charge in [-0.3, -0.25) is 0 Å². The first-order valence-electron chi connectivity index (χ1n) is 19.1. The molecule has 4 aromatic rings. The van der Waals surface area contributed by atoms with Crippen LogP contribution in [-0.4, -0.2) is 66.3 Å². The first-order chi connectivity index (χ1) is 25.0. The molecule has 274 valence electrons. The Morgan fingerprint density at radius 1 is 0.608 bits per heavy atom. The van der Waals surface area contributed by atoms with E-state index in [1.165, 1.54) is 0 Å². The molecule has 4 aromatic carbocycles. The summed E-state index contributed by atoms with van der Waals surface area (Å²) in [7, 11) is 0. The fraction of sp³-hybridized carbons (Fsp3) is 0.455. The van der Waals surface area contributed by atoms with Crippen molar-refractivity contribution in [3.63, 3.8) is 0 Å². The summed E-state index contributed by atoms with van der Waals surface area (Å²) >= 11 is -3.34. The van der Waals surface area contributed by atoms with Gasteiger partial charge in [-0.2, -0.15) is 0 Å². The van der Waals surface area contributed by atoms with Crippen LogP contribution < -0.4 is 0 Å². The van der Waals surface area contributed by atoms with Crippen molar-refractivity contribution < 1.29 is 27.5 Å². The number of benzene rings is 4. The molecule has 6 nitrogen and oxygen atoms in total. The molecule has 1 fully saturated rings. The molecule has 0 spiro atoms. The molecular formula is C44H58O6Sn. The van der Waals surface area contributed by atoms with Crippen LogP contribution in [0.15, 0.2) is 121 Å². The van der Waals surface area contributed by atoms with Crippen LogP contribution in [0.25, 0.3) is 0 Å². The Hall–Kier alpha value is -2.56. The minimum atomic E-state index is -3.34. The van der Waals surface area contributed by atoms with Gasteiger partial charge < -0.3 is 0 Å². The molecule has 1 aliphatic heterocycles. The minimum absolute atomic E-state index is 0.0407. The zero-order valence-corrected chi connectivity index (χ0v) is 33.6. The van der Waals surface area contributed by atoms with Gasteiger partial charge in [-0.25, -0.2) is 0 Å². The summed E-state index contributed by atoms with van der Waals surface area (Å²) in [5.74, 6) is 0. The van der Waals surface area contributed by atoms with E-state index in [0.717, 1.165) is 74.1 Å². The van der Waals surface area contributed by atoms with E-state index in [2.05, 4.69) is 57.2 Å². The summed E-state index contributed by atoms with van der Waals surface area (Å²) in [5, 5.41) is 24.2. The number of aliphatic hydroxyl groups is 2. The molecule has 2 N–H and O–H groups in total. The molecule has 0 amide bonds. The fourth-order valence-corrected chi connectivity index (χ4v) is 21.5. The van der Waals surface area contributed by atoms with Crippen LogP contribution in [0.4, 0.5) is 0 Å². The van der Waals surface area contributed by atoms with Gasteiger partial charge in [0.1, 0.15) is 0 Å². The normalized spacial score (nSPS) is 21.1. The number of unbranched alkanes of at least 4 members (excludes halogenated alkanes) is 3. The molecule has 0 bridgehead atoms. The van der Waals surface area contributed by atoms with Gasteiger partial charge in [-0.05, 0) is 0 Å². The Kier molecular flexibility index (Phi) is 15.6.